The fourth-order valence-corrected chi connectivity index (χ4v) is 3.59. The highest BCUT2D eigenvalue weighted by Crippen LogP contribution is 2.41. The third-order valence-corrected chi connectivity index (χ3v) is 5.23. The number of amides is 1. The number of nitrogens with one attached hydrogen (secondary N) is 1. The lowest BCUT2D eigenvalue weighted by atomic mass is 10.0. The van der Waals surface area contributed by atoms with Crippen molar-refractivity contribution in [2.75, 3.05) is 7.11 Å². The number of ether oxygens (including phenoxy) is 1. The number of hydrogen-bond donors (Lipinski definition) is 1. The van der Waals surface area contributed by atoms with Crippen LogP contribution in [-0.2, 0) is 11.2 Å². The van der Waals surface area contributed by atoms with Gasteiger partial charge in [-0.25, -0.2) is 0 Å². The molecule has 0 saturated heterocycles. The van der Waals surface area contributed by atoms with Crippen LogP contribution in [0.25, 0.3) is 0 Å². The Morgan fingerprint density at radius 3 is 2.70 bits per heavy atom. The predicted molar refractivity (Wildman–Crippen MR) is 93.9 cm³/mol. The van der Waals surface area contributed by atoms with Gasteiger partial charge in [-0.15, -0.1) is 11.3 Å². The van der Waals surface area contributed by atoms with Gasteiger partial charge in [-0.05, 0) is 60.7 Å². The van der Waals surface area contributed by atoms with Crippen LogP contribution in [0.3, 0.4) is 0 Å². The molecule has 1 aromatic heterocycles. The monoisotopic (exact) mass is 329 g/mol. The van der Waals surface area contributed by atoms with E-state index < -0.39 is 0 Å². The molecule has 1 unspecified atom stereocenters. The lowest BCUT2D eigenvalue weighted by molar-refractivity contribution is -0.122. The summed E-state index contributed by atoms with van der Waals surface area (Å²) in [5.41, 5.74) is 1.18. The number of aryl methyl sites for hydroxylation is 1. The Morgan fingerprint density at radius 1 is 1.30 bits per heavy atom. The zero-order chi connectivity index (χ0) is 16.1. The summed E-state index contributed by atoms with van der Waals surface area (Å²) in [6.45, 7) is 0. The van der Waals surface area contributed by atoms with Crippen LogP contribution in [0.2, 0.25) is 0 Å². The van der Waals surface area contributed by atoms with Crippen molar-refractivity contribution in [3.63, 3.8) is 0 Å². The van der Waals surface area contributed by atoms with Crippen LogP contribution in [0, 0.1) is 5.92 Å². The second kappa shape index (κ2) is 7.64. The Balaban J connectivity index is 1.53. The van der Waals surface area contributed by atoms with Gasteiger partial charge in [-0.1, -0.05) is 18.2 Å². The molecule has 3 rings (SSSR count). The predicted octanol–water partition coefficient (Wildman–Crippen LogP) is 4.35. The van der Waals surface area contributed by atoms with Crippen LogP contribution in [0.1, 0.15) is 42.2 Å². The first-order valence-electron chi connectivity index (χ1n) is 8.22. The van der Waals surface area contributed by atoms with E-state index in [4.69, 9.17) is 4.74 Å². The molecule has 1 amide bonds. The molecule has 1 fully saturated rings. The Bertz CT molecular complexity index is 617. The van der Waals surface area contributed by atoms with Gasteiger partial charge in [0.2, 0.25) is 5.91 Å². The molecule has 4 heteroatoms. The highest BCUT2D eigenvalue weighted by molar-refractivity contribution is 7.09. The first-order chi connectivity index (χ1) is 11.3. The number of carbonyl (C=O) groups excluding carboxylic acids is 1. The van der Waals surface area contributed by atoms with Crippen molar-refractivity contribution in [1.29, 1.82) is 0 Å². The molecule has 1 saturated carbocycles. The third kappa shape index (κ3) is 4.58. The molecule has 2 aromatic rings. The molecule has 122 valence electrons. The van der Waals surface area contributed by atoms with Crippen LogP contribution in [0.4, 0.5) is 0 Å². The molecule has 1 N–H and O–H groups in total. The van der Waals surface area contributed by atoms with Gasteiger partial charge < -0.3 is 10.1 Å². The summed E-state index contributed by atoms with van der Waals surface area (Å²) < 4.78 is 5.21. The summed E-state index contributed by atoms with van der Waals surface area (Å²) in [5, 5.41) is 5.32. The molecule has 1 atom stereocenters. The van der Waals surface area contributed by atoms with Crippen molar-refractivity contribution in [1.82, 2.24) is 5.32 Å². The lowest BCUT2D eigenvalue weighted by Crippen LogP contribution is -2.29. The lowest BCUT2D eigenvalue weighted by Gasteiger charge is -2.19. The largest absolute Gasteiger partial charge is 0.497 e. The minimum Gasteiger partial charge on any atom is -0.497 e. The quantitative estimate of drug-likeness (QED) is 0.782. The van der Waals surface area contributed by atoms with Crippen molar-refractivity contribution in [2.24, 2.45) is 5.92 Å². The summed E-state index contributed by atoms with van der Waals surface area (Å²) in [7, 11) is 1.67. The van der Waals surface area contributed by atoms with Crippen LogP contribution < -0.4 is 10.1 Å². The van der Waals surface area contributed by atoms with Crippen molar-refractivity contribution in [3.8, 4) is 5.75 Å². The van der Waals surface area contributed by atoms with Crippen LogP contribution in [-0.4, -0.2) is 13.0 Å². The first-order valence-corrected chi connectivity index (χ1v) is 9.10. The van der Waals surface area contributed by atoms with E-state index in [0.717, 1.165) is 18.6 Å². The maximum absolute atomic E-state index is 12.3. The molecule has 0 spiro atoms. The molecule has 1 heterocycles. The molecule has 0 bridgehead atoms. The average Bonchev–Trinajstić information content (AvgIpc) is 3.29. The van der Waals surface area contributed by atoms with Gasteiger partial charge in [0, 0.05) is 11.3 Å². The molecule has 1 aliphatic carbocycles. The van der Waals surface area contributed by atoms with E-state index >= 15 is 0 Å². The minimum absolute atomic E-state index is 0.148. The van der Waals surface area contributed by atoms with Gasteiger partial charge in [0.25, 0.3) is 0 Å². The molecule has 3 nitrogen and oxygen atoms in total. The highest BCUT2D eigenvalue weighted by Gasteiger charge is 2.33. The SMILES string of the molecule is COc1ccc(C(NC(=O)CCCc2cccs2)C2CC2)cc1. The van der Waals surface area contributed by atoms with E-state index in [2.05, 4.69) is 35.0 Å². The van der Waals surface area contributed by atoms with E-state index in [1.54, 1.807) is 18.4 Å². The molecular weight excluding hydrogens is 306 g/mol. The van der Waals surface area contributed by atoms with Gasteiger partial charge in [-0.2, -0.15) is 0 Å². The maximum atomic E-state index is 12.3. The van der Waals surface area contributed by atoms with Crippen molar-refractivity contribution in [3.05, 3.63) is 52.2 Å². The van der Waals surface area contributed by atoms with Crippen LogP contribution in [0.5, 0.6) is 5.75 Å². The topological polar surface area (TPSA) is 38.3 Å². The minimum atomic E-state index is 0.148. The zero-order valence-electron chi connectivity index (χ0n) is 13.5. The highest BCUT2D eigenvalue weighted by atomic mass is 32.1. The Hall–Kier alpha value is -1.81. The standard InChI is InChI=1S/C19H23NO2S/c1-22-16-11-9-15(10-12-16)19(14-7-8-14)20-18(21)6-2-4-17-5-3-13-23-17/h3,5,9-14,19H,2,4,6-8H2,1H3,(H,20,21). The summed E-state index contributed by atoms with van der Waals surface area (Å²) in [6, 6.07) is 12.4. The van der Waals surface area contributed by atoms with Crippen molar-refractivity contribution >= 4 is 17.2 Å². The second-order valence-corrected chi connectivity index (χ2v) is 7.12. The molecule has 1 aromatic carbocycles. The van der Waals surface area contributed by atoms with E-state index in [1.165, 1.54) is 23.3 Å². The number of hydrogen-bond acceptors (Lipinski definition) is 3. The number of methoxy groups -OCH3 is 1. The summed E-state index contributed by atoms with van der Waals surface area (Å²) in [5.74, 6) is 1.60. The van der Waals surface area contributed by atoms with E-state index in [0.29, 0.717) is 12.3 Å². The third-order valence-electron chi connectivity index (χ3n) is 4.29. The fourth-order valence-electron chi connectivity index (χ4n) is 2.84. The number of thiophene rings is 1. The van der Waals surface area contributed by atoms with Crippen LogP contribution in [0.15, 0.2) is 41.8 Å². The normalized spacial score (nSPS) is 15.2. The Morgan fingerprint density at radius 2 is 2.09 bits per heavy atom. The van der Waals surface area contributed by atoms with Gasteiger partial charge in [0.05, 0.1) is 13.2 Å². The summed E-state index contributed by atoms with van der Waals surface area (Å²) in [4.78, 5) is 13.6. The van der Waals surface area contributed by atoms with E-state index in [-0.39, 0.29) is 11.9 Å². The smallest absolute Gasteiger partial charge is 0.220 e. The number of rotatable bonds is 8. The fraction of sp³-hybridized carbons (Fsp3) is 0.421. The summed E-state index contributed by atoms with van der Waals surface area (Å²) in [6.07, 6.45) is 4.89. The number of benzene rings is 1. The van der Waals surface area contributed by atoms with Gasteiger partial charge in [-0.3, -0.25) is 4.79 Å². The second-order valence-electron chi connectivity index (χ2n) is 6.09. The molecule has 0 aliphatic heterocycles. The molecular formula is C19H23NO2S. The molecule has 23 heavy (non-hydrogen) atoms. The zero-order valence-corrected chi connectivity index (χ0v) is 14.3. The number of carbonyl (C=O) groups is 1. The maximum Gasteiger partial charge on any atom is 0.220 e. The van der Waals surface area contributed by atoms with Crippen molar-refractivity contribution < 1.29 is 9.53 Å². The Kier molecular flexibility index (Phi) is 5.34. The van der Waals surface area contributed by atoms with Gasteiger partial charge >= 0.3 is 0 Å². The molecule has 0 radical (unpaired) electrons. The van der Waals surface area contributed by atoms with E-state index in [1.807, 2.05) is 12.1 Å². The van der Waals surface area contributed by atoms with Crippen molar-refractivity contribution in [2.45, 2.75) is 38.1 Å². The summed E-state index contributed by atoms with van der Waals surface area (Å²) >= 11 is 1.76. The van der Waals surface area contributed by atoms with Gasteiger partial charge in [0.1, 0.15) is 5.75 Å². The van der Waals surface area contributed by atoms with Crippen LogP contribution >= 0.6 is 11.3 Å². The van der Waals surface area contributed by atoms with Gasteiger partial charge in [0.15, 0.2) is 0 Å². The average molecular weight is 329 g/mol. The van der Waals surface area contributed by atoms with E-state index in [9.17, 15) is 4.79 Å². The molecule has 1 aliphatic rings. The first kappa shape index (κ1) is 16.1. The Labute approximate surface area is 141 Å².